The second-order valence-electron chi connectivity index (χ2n) is 6.52. The van der Waals surface area contributed by atoms with Gasteiger partial charge in [-0.15, -0.1) is 0 Å². The maximum absolute atomic E-state index is 12.5. The molecule has 2 heterocycles. The fraction of sp³-hybridized carbons (Fsp3) is 0.389. The predicted octanol–water partition coefficient (Wildman–Crippen LogP) is 1.69. The third kappa shape index (κ3) is 2.73. The molecule has 0 radical (unpaired) electrons. The van der Waals surface area contributed by atoms with E-state index in [-0.39, 0.29) is 17.9 Å². The molecule has 0 bridgehead atoms. The maximum atomic E-state index is 12.5. The van der Waals surface area contributed by atoms with Crippen molar-refractivity contribution in [3.63, 3.8) is 0 Å². The molecular formula is C18H18N4O2. The molecule has 0 N–H and O–H groups in total. The van der Waals surface area contributed by atoms with Crippen LogP contribution in [0, 0.1) is 17.2 Å². The lowest BCUT2D eigenvalue weighted by atomic mass is 10.1. The summed E-state index contributed by atoms with van der Waals surface area (Å²) < 4.78 is 7.61. The Kier molecular flexibility index (Phi) is 3.49. The number of aromatic nitrogens is 2. The van der Waals surface area contributed by atoms with Crippen molar-refractivity contribution in [3.05, 3.63) is 47.8 Å². The van der Waals surface area contributed by atoms with Crippen molar-refractivity contribution in [3.8, 4) is 11.8 Å². The number of amides is 1. The van der Waals surface area contributed by atoms with Crippen molar-refractivity contribution in [2.75, 3.05) is 13.1 Å². The van der Waals surface area contributed by atoms with Gasteiger partial charge < -0.3 is 9.64 Å². The topological polar surface area (TPSA) is 71.2 Å². The standard InChI is InChI=1S/C18H18N4O2/c1-21-9-13(8-20-21)16-6-17(16)18(23)22-10-15(11-22)24-14-4-2-12(7-19)3-5-14/h2-5,8-9,15-17H,6,10-11H2,1H3/t16-,17+/m0/s1. The molecule has 1 aromatic heterocycles. The molecule has 1 aliphatic carbocycles. The van der Waals surface area contributed by atoms with Crippen LogP contribution >= 0.6 is 0 Å². The number of aryl methyl sites for hydroxylation is 1. The lowest BCUT2D eigenvalue weighted by Gasteiger charge is -2.39. The molecule has 1 saturated heterocycles. The normalized spacial score (nSPS) is 22.6. The van der Waals surface area contributed by atoms with Crippen LogP contribution in [0.1, 0.15) is 23.5 Å². The van der Waals surface area contributed by atoms with Gasteiger partial charge in [-0.25, -0.2) is 0 Å². The molecule has 0 unspecified atom stereocenters. The van der Waals surface area contributed by atoms with Gasteiger partial charge in [-0.3, -0.25) is 9.48 Å². The number of carbonyl (C=O) groups excluding carboxylic acids is 1. The Balaban J connectivity index is 1.27. The van der Waals surface area contributed by atoms with Gasteiger partial charge in [0.05, 0.1) is 30.9 Å². The third-order valence-corrected chi connectivity index (χ3v) is 4.71. The summed E-state index contributed by atoms with van der Waals surface area (Å²) >= 11 is 0. The number of likely N-dealkylation sites (tertiary alicyclic amines) is 1. The van der Waals surface area contributed by atoms with Crippen LogP contribution < -0.4 is 4.74 Å². The van der Waals surface area contributed by atoms with E-state index in [4.69, 9.17) is 10.00 Å². The molecule has 1 amide bonds. The molecule has 1 aliphatic heterocycles. The van der Waals surface area contributed by atoms with E-state index in [1.54, 1.807) is 28.9 Å². The number of benzene rings is 1. The number of nitriles is 1. The summed E-state index contributed by atoms with van der Waals surface area (Å²) in [6.45, 7) is 1.27. The summed E-state index contributed by atoms with van der Waals surface area (Å²) in [4.78, 5) is 14.3. The third-order valence-electron chi connectivity index (χ3n) is 4.71. The SMILES string of the molecule is Cn1cc([C@@H]2C[C@H]2C(=O)N2CC(Oc3ccc(C#N)cc3)C2)cn1. The van der Waals surface area contributed by atoms with Gasteiger partial charge in [-0.05, 0) is 42.2 Å². The van der Waals surface area contributed by atoms with E-state index < -0.39 is 0 Å². The molecule has 1 saturated carbocycles. The Hall–Kier alpha value is -2.81. The molecule has 6 heteroatoms. The molecular weight excluding hydrogens is 304 g/mol. The van der Waals surface area contributed by atoms with E-state index in [0.29, 0.717) is 24.6 Å². The van der Waals surface area contributed by atoms with Gasteiger partial charge in [-0.2, -0.15) is 10.4 Å². The van der Waals surface area contributed by atoms with Crippen molar-refractivity contribution in [2.24, 2.45) is 13.0 Å². The van der Waals surface area contributed by atoms with Crippen LogP contribution in [0.2, 0.25) is 0 Å². The first-order chi connectivity index (χ1) is 11.6. The molecule has 4 rings (SSSR count). The molecule has 2 aliphatic rings. The Morgan fingerprint density at radius 2 is 2.08 bits per heavy atom. The van der Waals surface area contributed by atoms with Gasteiger partial charge in [0.2, 0.25) is 5.91 Å². The number of rotatable bonds is 4. The fourth-order valence-electron chi connectivity index (χ4n) is 3.20. The summed E-state index contributed by atoms with van der Waals surface area (Å²) in [5.41, 5.74) is 1.77. The van der Waals surface area contributed by atoms with Crippen molar-refractivity contribution >= 4 is 5.91 Å². The minimum absolute atomic E-state index is 0.0393. The lowest BCUT2D eigenvalue weighted by molar-refractivity contribution is -0.141. The van der Waals surface area contributed by atoms with Crippen LogP contribution in [-0.4, -0.2) is 39.8 Å². The van der Waals surface area contributed by atoms with E-state index >= 15 is 0 Å². The Labute approximate surface area is 140 Å². The van der Waals surface area contributed by atoms with E-state index in [1.807, 2.05) is 24.3 Å². The van der Waals surface area contributed by atoms with Gasteiger partial charge in [0.1, 0.15) is 11.9 Å². The summed E-state index contributed by atoms with van der Waals surface area (Å²) in [6.07, 6.45) is 4.80. The fourth-order valence-corrected chi connectivity index (χ4v) is 3.20. The first kappa shape index (κ1) is 14.8. The zero-order chi connectivity index (χ0) is 16.7. The summed E-state index contributed by atoms with van der Waals surface area (Å²) in [5, 5.41) is 13.0. The quantitative estimate of drug-likeness (QED) is 0.859. The first-order valence-corrected chi connectivity index (χ1v) is 8.08. The second kappa shape index (κ2) is 5.68. The van der Waals surface area contributed by atoms with Crippen LogP contribution in [0.25, 0.3) is 0 Å². The van der Waals surface area contributed by atoms with Crippen LogP contribution in [0.15, 0.2) is 36.7 Å². The number of ether oxygens (including phenoxy) is 1. The summed E-state index contributed by atoms with van der Waals surface area (Å²) in [5.74, 6) is 1.39. The number of nitrogens with zero attached hydrogens (tertiary/aromatic N) is 4. The van der Waals surface area contributed by atoms with Crippen LogP contribution in [0.4, 0.5) is 0 Å². The number of hydrogen-bond acceptors (Lipinski definition) is 4. The van der Waals surface area contributed by atoms with Crippen molar-refractivity contribution in [1.82, 2.24) is 14.7 Å². The average Bonchev–Trinajstić information content (AvgIpc) is 3.25. The van der Waals surface area contributed by atoms with Crippen LogP contribution in [-0.2, 0) is 11.8 Å². The van der Waals surface area contributed by atoms with E-state index in [2.05, 4.69) is 11.2 Å². The molecule has 2 atom stereocenters. The summed E-state index contributed by atoms with van der Waals surface area (Å²) in [7, 11) is 1.89. The second-order valence-corrected chi connectivity index (χ2v) is 6.52. The number of carbonyl (C=O) groups is 1. The highest BCUT2D eigenvalue weighted by Gasteiger charge is 2.48. The van der Waals surface area contributed by atoms with Crippen molar-refractivity contribution in [2.45, 2.75) is 18.4 Å². The smallest absolute Gasteiger partial charge is 0.226 e. The highest BCUT2D eigenvalue weighted by molar-refractivity contribution is 5.83. The lowest BCUT2D eigenvalue weighted by Crippen LogP contribution is -2.56. The van der Waals surface area contributed by atoms with Crippen LogP contribution in [0.5, 0.6) is 5.75 Å². The first-order valence-electron chi connectivity index (χ1n) is 8.08. The highest BCUT2D eigenvalue weighted by Crippen LogP contribution is 2.48. The Bertz CT molecular complexity index is 799. The average molecular weight is 322 g/mol. The van der Waals surface area contributed by atoms with E-state index in [9.17, 15) is 4.79 Å². The predicted molar refractivity (Wildman–Crippen MR) is 86.2 cm³/mol. The van der Waals surface area contributed by atoms with Crippen molar-refractivity contribution in [1.29, 1.82) is 5.26 Å². The maximum Gasteiger partial charge on any atom is 0.226 e. The zero-order valence-electron chi connectivity index (χ0n) is 13.4. The van der Waals surface area contributed by atoms with Gasteiger partial charge in [-0.1, -0.05) is 0 Å². The van der Waals surface area contributed by atoms with Gasteiger partial charge >= 0.3 is 0 Å². The molecule has 6 nitrogen and oxygen atoms in total. The van der Waals surface area contributed by atoms with E-state index in [0.717, 1.165) is 17.7 Å². The Morgan fingerprint density at radius 1 is 1.33 bits per heavy atom. The molecule has 2 aromatic rings. The van der Waals surface area contributed by atoms with Crippen molar-refractivity contribution < 1.29 is 9.53 Å². The molecule has 2 fully saturated rings. The van der Waals surface area contributed by atoms with Gasteiger partial charge in [0.15, 0.2) is 0 Å². The zero-order valence-corrected chi connectivity index (χ0v) is 13.4. The molecule has 0 spiro atoms. The minimum atomic E-state index is 0.0393. The molecule has 24 heavy (non-hydrogen) atoms. The molecule has 1 aromatic carbocycles. The van der Waals surface area contributed by atoms with Gasteiger partial charge in [0.25, 0.3) is 0 Å². The monoisotopic (exact) mass is 322 g/mol. The number of hydrogen-bond donors (Lipinski definition) is 0. The van der Waals surface area contributed by atoms with Crippen LogP contribution in [0.3, 0.4) is 0 Å². The van der Waals surface area contributed by atoms with E-state index in [1.165, 1.54) is 0 Å². The largest absolute Gasteiger partial charge is 0.487 e. The van der Waals surface area contributed by atoms with Gasteiger partial charge in [0, 0.05) is 19.2 Å². The highest BCUT2D eigenvalue weighted by atomic mass is 16.5. The molecule has 122 valence electrons. The summed E-state index contributed by atoms with van der Waals surface area (Å²) in [6, 6.07) is 9.14. The Morgan fingerprint density at radius 3 is 2.71 bits per heavy atom. The minimum Gasteiger partial charge on any atom is -0.487 e.